The number of benzene rings is 3. The van der Waals surface area contributed by atoms with Crippen molar-refractivity contribution in [1.82, 2.24) is 5.32 Å². The molecule has 0 saturated carbocycles. The molecule has 0 aliphatic rings. The summed E-state index contributed by atoms with van der Waals surface area (Å²) in [6.45, 7) is 3.46. The minimum atomic E-state index is 0.183. The fourth-order valence-corrected chi connectivity index (χ4v) is 2.99. The van der Waals surface area contributed by atoms with Crippen LogP contribution < -0.4 is 10.1 Å². The first-order valence-corrected chi connectivity index (χ1v) is 8.83. The van der Waals surface area contributed by atoms with Crippen molar-refractivity contribution in [3.05, 3.63) is 101 Å². The standard InChI is InChI=1S/C22H22ClNO/c1-17(21-12-5-6-13-22(21)23)24-15-19-10-7-11-20(14-19)25-16-18-8-3-2-4-9-18/h2-14,17,24H,15-16H2,1H3. The van der Waals surface area contributed by atoms with Gasteiger partial charge < -0.3 is 10.1 Å². The second kappa shape index (κ2) is 8.70. The number of hydrogen-bond donors (Lipinski definition) is 1. The average molecular weight is 352 g/mol. The van der Waals surface area contributed by atoms with Crippen LogP contribution in [0.15, 0.2) is 78.9 Å². The summed E-state index contributed by atoms with van der Waals surface area (Å²) in [6, 6.07) is 26.5. The number of ether oxygens (including phenoxy) is 1. The molecule has 3 aromatic carbocycles. The van der Waals surface area contributed by atoms with Gasteiger partial charge in [-0.15, -0.1) is 0 Å². The molecule has 0 radical (unpaired) electrons. The van der Waals surface area contributed by atoms with E-state index >= 15 is 0 Å². The summed E-state index contributed by atoms with van der Waals surface area (Å²) in [5.41, 5.74) is 3.46. The fourth-order valence-electron chi connectivity index (χ4n) is 2.69. The Kier molecular flexibility index (Phi) is 6.10. The molecular weight excluding hydrogens is 330 g/mol. The summed E-state index contributed by atoms with van der Waals surface area (Å²) < 4.78 is 5.89. The molecule has 1 atom stereocenters. The average Bonchev–Trinajstić information content (AvgIpc) is 2.66. The van der Waals surface area contributed by atoms with E-state index in [1.807, 2.05) is 48.5 Å². The lowest BCUT2D eigenvalue weighted by atomic mass is 10.1. The summed E-state index contributed by atoms with van der Waals surface area (Å²) >= 11 is 6.27. The predicted octanol–water partition coefficient (Wildman–Crippen LogP) is 5.77. The van der Waals surface area contributed by atoms with Gasteiger partial charge in [0.25, 0.3) is 0 Å². The molecule has 0 aliphatic carbocycles. The monoisotopic (exact) mass is 351 g/mol. The van der Waals surface area contributed by atoms with Gasteiger partial charge in [0.1, 0.15) is 12.4 Å². The molecule has 0 fully saturated rings. The topological polar surface area (TPSA) is 21.3 Å². The Balaban J connectivity index is 1.57. The molecule has 25 heavy (non-hydrogen) atoms. The van der Waals surface area contributed by atoms with E-state index in [0.29, 0.717) is 6.61 Å². The van der Waals surface area contributed by atoms with Crippen molar-refractivity contribution in [3.63, 3.8) is 0 Å². The Labute approximate surface area is 154 Å². The van der Waals surface area contributed by atoms with Crippen LogP contribution in [0.4, 0.5) is 0 Å². The number of halogens is 1. The second-order valence-electron chi connectivity index (χ2n) is 6.05. The van der Waals surface area contributed by atoms with E-state index in [2.05, 4.69) is 42.6 Å². The van der Waals surface area contributed by atoms with E-state index in [1.165, 1.54) is 11.1 Å². The van der Waals surface area contributed by atoms with Crippen LogP contribution in [0.25, 0.3) is 0 Å². The maximum Gasteiger partial charge on any atom is 0.120 e. The smallest absolute Gasteiger partial charge is 0.120 e. The molecule has 0 aliphatic heterocycles. The van der Waals surface area contributed by atoms with E-state index < -0.39 is 0 Å². The molecule has 3 heteroatoms. The Morgan fingerprint density at radius 3 is 2.40 bits per heavy atom. The Morgan fingerprint density at radius 2 is 1.60 bits per heavy atom. The molecule has 0 aromatic heterocycles. The molecule has 1 N–H and O–H groups in total. The molecular formula is C22H22ClNO. The first-order valence-electron chi connectivity index (χ1n) is 8.46. The van der Waals surface area contributed by atoms with Gasteiger partial charge in [-0.3, -0.25) is 0 Å². The lowest BCUT2D eigenvalue weighted by Gasteiger charge is -2.16. The minimum Gasteiger partial charge on any atom is -0.489 e. The zero-order chi connectivity index (χ0) is 17.5. The van der Waals surface area contributed by atoms with Crippen LogP contribution in [0.2, 0.25) is 5.02 Å². The van der Waals surface area contributed by atoms with E-state index in [4.69, 9.17) is 16.3 Å². The molecule has 0 amide bonds. The van der Waals surface area contributed by atoms with Crippen molar-refractivity contribution >= 4 is 11.6 Å². The molecule has 0 saturated heterocycles. The van der Waals surface area contributed by atoms with Crippen LogP contribution in [-0.2, 0) is 13.2 Å². The predicted molar refractivity (Wildman–Crippen MR) is 104 cm³/mol. The third kappa shape index (κ3) is 5.09. The van der Waals surface area contributed by atoms with Crippen molar-refractivity contribution < 1.29 is 4.74 Å². The number of hydrogen-bond acceptors (Lipinski definition) is 2. The van der Waals surface area contributed by atoms with Gasteiger partial charge in [-0.1, -0.05) is 72.3 Å². The largest absolute Gasteiger partial charge is 0.489 e. The van der Waals surface area contributed by atoms with Crippen molar-refractivity contribution in [1.29, 1.82) is 0 Å². The van der Waals surface area contributed by atoms with Crippen molar-refractivity contribution in [2.45, 2.75) is 26.1 Å². The third-order valence-electron chi connectivity index (χ3n) is 4.13. The van der Waals surface area contributed by atoms with Crippen molar-refractivity contribution in [2.75, 3.05) is 0 Å². The van der Waals surface area contributed by atoms with Gasteiger partial charge in [-0.2, -0.15) is 0 Å². The number of rotatable bonds is 7. The van der Waals surface area contributed by atoms with E-state index in [-0.39, 0.29) is 6.04 Å². The van der Waals surface area contributed by atoms with Crippen LogP contribution in [0.1, 0.15) is 29.7 Å². The van der Waals surface area contributed by atoms with Gasteiger partial charge in [0.15, 0.2) is 0 Å². The zero-order valence-corrected chi connectivity index (χ0v) is 15.0. The van der Waals surface area contributed by atoms with Gasteiger partial charge in [-0.05, 0) is 41.8 Å². The first-order chi connectivity index (χ1) is 12.2. The molecule has 2 nitrogen and oxygen atoms in total. The van der Waals surface area contributed by atoms with Crippen molar-refractivity contribution in [3.8, 4) is 5.75 Å². The van der Waals surface area contributed by atoms with E-state index in [1.54, 1.807) is 0 Å². The Bertz CT molecular complexity index is 804. The summed E-state index contributed by atoms with van der Waals surface area (Å²) in [6.07, 6.45) is 0. The third-order valence-corrected chi connectivity index (χ3v) is 4.48. The molecule has 3 rings (SSSR count). The van der Waals surface area contributed by atoms with Crippen LogP contribution in [0.3, 0.4) is 0 Å². The van der Waals surface area contributed by atoms with Crippen LogP contribution in [0, 0.1) is 0 Å². The molecule has 0 bridgehead atoms. The van der Waals surface area contributed by atoms with Gasteiger partial charge in [0.05, 0.1) is 0 Å². The second-order valence-corrected chi connectivity index (χ2v) is 6.45. The highest BCUT2D eigenvalue weighted by Crippen LogP contribution is 2.23. The van der Waals surface area contributed by atoms with Gasteiger partial charge in [0, 0.05) is 17.6 Å². The SMILES string of the molecule is CC(NCc1cccc(OCc2ccccc2)c1)c1ccccc1Cl. The molecule has 0 spiro atoms. The normalized spacial score (nSPS) is 11.9. The van der Waals surface area contributed by atoms with Crippen molar-refractivity contribution in [2.24, 2.45) is 0 Å². The van der Waals surface area contributed by atoms with E-state index in [0.717, 1.165) is 22.9 Å². The Morgan fingerprint density at radius 1 is 0.880 bits per heavy atom. The summed E-state index contributed by atoms with van der Waals surface area (Å²) in [4.78, 5) is 0. The maximum atomic E-state index is 6.27. The van der Waals surface area contributed by atoms with E-state index in [9.17, 15) is 0 Å². The maximum absolute atomic E-state index is 6.27. The molecule has 1 unspecified atom stereocenters. The Hall–Kier alpha value is -2.29. The lowest BCUT2D eigenvalue weighted by Crippen LogP contribution is -2.18. The molecule has 3 aromatic rings. The first kappa shape index (κ1) is 17.5. The minimum absolute atomic E-state index is 0.183. The zero-order valence-electron chi connectivity index (χ0n) is 14.3. The molecule has 128 valence electrons. The lowest BCUT2D eigenvalue weighted by molar-refractivity contribution is 0.306. The highest BCUT2D eigenvalue weighted by molar-refractivity contribution is 6.31. The summed E-state index contributed by atoms with van der Waals surface area (Å²) in [5, 5.41) is 4.31. The van der Waals surface area contributed by atoms with Gasteiger partial charge in [-0.25, -0.2) is 0 Å². The summed E-state index contributed by atoms with van der Waals surface area (Å²) in [5.74, 6) is 0.883. The highest BCUT2D eigenvalue weighted by Gasteiger charge is 2.08. The highest BCUT2D eigenvalue weighted by atomic mass is 35.5. The number of nitrogens with one attached hydrogen (secondary N) is 1. The van der Waals surface area contributed by atoms with Gasteiger partial charge in [0.2, 0.25) is 0 Å². The molecule has 0 heterocycles. The fraction of sp³-hybridized carbons (Fsp3) is 0.182. The van der Waals surface area contributed by atoms with Crippen LogP contribution in [0.5, 0.6) is 5.75 Å². The van der Waals surface area contributed by atoms with Crippen LogP contribution >= 0.6 is 11.6 Å². The van der Waals surface area contributed by atoms with Crippen LogP contribution in [-0.4, -0.2) is 0 Å². The summed E-state index contributed by atoms with van der Waals surface area (Å²) in [7, 11) is 0. The quantitative estimate of drug-likeness (QED) is 0.583. The van der Waals surface area contributed by atoms with Gasteiger partial charge >= 0.3 is 0 Å².